The topological polar surface area (TPSA) is 51.0 Å². The lowest BCUT2D eigenvalue weighted by molar-refractivity contribution is 0.395. The van der Waals surface area contributed by atoms with Crippen LogP contribution in [0.4, 0.5) is 0 Å². The SMILES string of the molecule is CC(C)c1noc(C2=C[C@H](C)CNC2)n1. The van der Waals surface area contributed by atoms with Crippen LogP contribution in [0.1, 0.15) is 38.4 Å². The molecule has 0 amide bonds. The summed E-state index contributed by atoms with van der Waals surface area (Å²) in [7, 11) is 0. The highest BCUT2D eigenvalue weighted by atomic mass is 16.5. The van der Waals surface area contributed by atoms with Crippen molar-refractivity contribution in [2.45, 2.75) is 26.7 Å². The van der Waals surface area contributed by atoms with Crippen LogP contribution in [0.15, 0.2) is 10.6 Å². The minimum atomic E-state index is 0.317. The fraction of sp³-hybridized carbons (Fsp3) is 0.636. The summed E-state index contributed by atoms with van der Waals surface area (Å²) in [6, 6.07) is 0. The van der Waals surface area contributed by atoms with Crippen molar-refractivity contribution in [2.75, 3.05) is 13.1 Å². The van der Waals surface area contributed by atoms with Gasteiger partial charge in [0.15, 0.2) is 5.82 Å². The monoisotopic (exact) mass is 207 g/mol. The number of rotatable bonds is 2. The summed E-state index contributed by atoms with van der Waals surface area (Å²) >= 11 is 0. The standard InChI is InChI=1S/C11H17N3O/c1-7(2)10-13-11(15-14-10)9-4-8(3)5-12-6-9/h4,7-8,12H,5-6H2,1-3H3/t8-/m0/s1. The largest absolute Gasteiger partial charge is 0.334 e. The lowest BCUT2D eigenvalue weighted by Gasteiger charge is -2.16. The lowest BCUT2D eigenvalue weighted by atomic mass is 10.0. The second-order valence-corrected chi connectivity index (χ2v) is 4.41. The van der Waals surface area contributed by atoms with Gasteiger partial charge in [-0.2, -0.15) is 4.98 Å². The number of aromatic nitrogens is 2. The zero-order valence-electron chi connectivity index (χ0n) is 9.45. The third kappa shape index (κ3) is 2.26. The predicted octanol–water partition coefficient (Wildman–Crippen LogP) is 1.82. The molecule has 1 atom stereocenters. The molecule has 0 fully saturated rings. The van der Waals surface area contributed by atoms with Crippen LogP contribution in [0.5, 0.6) is 0 Å². The maximum atomic E-state index is 5.24. The lowest BCUT2D eigenvalue weighted by Crippen LogP contribution is -2.27. The predicted molar refractivity (Wildman–Crippen MR) is 58.4 cm³/mol. The van der Waals surface area contributed by atoms with Crippen LogP contribution >= 0.6 is 0 Å². The Morgan fingerprint density at radius 3 is 2.93 bits per heavy atom. The summed E-state index contributed by atoms with van der Waals surface area (Å²) in [5.41, 5.74) is 1.12. The van der Waals surface area contributed by atoms with E-state index in [0.29, 0.717) is 17.7 Å². The highest BCUT2D eigenvalue weighted by Crippen LogP contribution is 2.19. The Labute approximate surface area is 89.8 Å². The number of nitrogens with zero attached hydrogens (tertiary/aromatic N) is 2. The summed E-state index contributed by atoms with van der Waals surface area (Å²) < 4.78 is 5.24. The summed E-state index contributed by atoms with van der Waals surface area (Å²) in [6.45, 7) is 8.14. The van der Waals surface area contributed by atoms with Crippen LogP contribution in [-0.4, -0.2) is 23.2 Å². The van der Waals surface area contributed by atoms with E-state index in [1.807, 2.05) is 0 Å². The van der Waals surface area contributed by atoms with E-state index in [-0.39, 0.29) is 0 Å². The van der Waals surface area contributed by atoms with Crippen LogP contribution in [0.25, 0.3) is 5.57 Å². The molecule has 15 heavy (non-hydrogen) atoms. The quantitative estimate of drug-likeness (QED) is 0.803. The number of hydrogen-bond donors (Lipinski definition) is 1. The van der Waals surface area contributed by atoms with Crippen LogP contribution in [0.2, 0.25) is 0 Å². The van der Waals surface area contributed by atoms with Gasteiger partial charge in [-0.25, -0.2) is 0 Å². The van der Waals surface area contributed by atoms with Crippen LogP contribution in [0.3, 0.4) is 0 Å². The molecule has 0 aliphatic carbocycles. The molecule has 4 nitrogen and oxygen atoms in total. The van der Waals surface area contributed by atoms with E-state index < -0.39 is 0 Å². The van der Waals surface area contributed by atoms with Crippen molar-refractivity contribution in [3.8, 4) is 0 Å². The van der Waals surface area contributed by atoms with Crippen molar-refractivity contribution in [3.63, 3.8) is 0 Å². The molecule has 2 heterocycles. The van der Waals surface area contributed by atoms with Gasteiger partial charge in [0.25, 0.3) is 5.89 Å². The molecule has 1 N–H and O–H groups in total. The maximum absolute atomic E-state index is 5.24. The van der Waals surface area contributed by atoms with Crippen LogP contribution in [0, 0.1) is 5.92 Å². The molecule has 1 aromatic heterocycles. The van der Waals surface area contributed by atoms with Gasteiger partial charge in [-0.3, -0.25) is 0 Å². The molecule has 0 saturated carbocycles. The third-order valence-electron chi connectivity index (χ3n) is 2.50. The van der Waals surface area contributed by atoms with Crippen molar-refractivity contribution in [3.05, 3.63) is 17.8 Å². The van der Waals surface area contributed by atoms with Gasteiger partial charge < -0.3 is 9.84 Å². The van der Waals surface area contributed by atoms with E-state index >= 15 is 0 Å². The van der Waals surface area contributed by atoms with Gasteiger partial charge in [-0.15, -0.1) is 0 Å². The third-order valence-corrected chi connectivity index (χ3v) is 2.50. The molecule has 1 aliphatic rings. The van der Waals surface area contributed by atoms with Crippen LogP contribution in [-0.2, 0) is 0 Å². The summed E-state index contributed by atoms with van der Waals surface area (Å²) in [5, 5.41) is 7.29. The van der Waals surface area contributed by atoms with Gasteiger partial charge in [0.05, 0.1) is 0 Å². The van der Waals surface area contributed by atoms with Crippen molar-refractivity contribution in [2.24, 2.45) is 5.92 Å². The first-order valence-corrected chi connectivity index (χ1v) is 5.42. The molecule has 0 unspecified atom stereocenters. The summed E-state index contributed by atoms with van der Waals surface area (Å²) in [6.07, 6.45) is 2.20. The van der Waals surface area contributed by atoms with Crippen LogP contribution < -0.4 is 5.32 Å². The van der Waals surface area contributed by atoms with E-state index in [9.17, 15) is 0 Å². The van der Waals surface area contributed by atoms with Crippen molar-refractivity contribution >= 4 is 5.57 Å². The number of hydrogen-bond acceptors (Lipinski definition) is 4. The smallest absolute Gasteiger partial charge is 0.254 e. The van der Waals surface area contributed by atoms with Gasteiger partial charge in [0.1, 0.15) is 0 Å². The van der Waals surface area contributed by atoms with E-state index in [2.05, 4.69) is 42.3 Å². The van der Waals surface area contributed by atoms with E-state index in [4.69, 9.17) is 4.52 Å². The average Bonchev–Trinajstić information content (AvgIpc) is 2.66. The molecule has 0 spiro atoms. The van der Waals surface area contributed by atoms with Crippen molar-refractivity contribution in [1.29, 1.82) is 0 Å². The Bertz CT molecular complexity index is 368. The van der Waals surface area contributed by atoms with Gasteiger partial charge in [-0.05, 0) is 5.92 Å². The molecule has 82 valence electrons. The molecule has 0 aromatic carbocycles. The zero-order chi connectivity index (χ0) is 10.8. The average molecular weight is 207 g/mol. The molecule has 1 aliphatic heterocycles. The molecule has 1 aromatic rings. The minimum absolute atomic E-state index is 0.317. The van der Waals surface area contributed by atoms with E-state index in [0.717, 1.165) is 24.5 Å². The van der Waals surface area contributed by atoms with Gasteiger partial charge in [0, 0.05) is 24.6 Å². The first-order valence-electron chi connectivity index (χ1n) is 5.42. The number of nitrogens with one attached hydrogen (secondary N) is 1. The van der Waals surface area contributed by atoms with Crippen molar-refractivity contribution < 1.29 is 4.52 Å². The van der Waals surface area contributed by atoms with E-state index in [1.54, 1.807) is 0 Å². The molecule has 4 heteroatoms. The molecular formula is C11H17N3O. The Hall–Kier alpha value is -1.16. The molecule has 2 rings (SSSR count). The van der Waals surface area contributed by atoms with Gasteiger partial charge >= 0.3 is 0 Å². The second-order valence-electron chi connectivity index (χ2n) is 4.41. The zero-order valence-corrected chi connectivity index (χ0v) is 9.45. The van der Waals surface area contributed by atoms with Gasteiger partial charge in [0.2, 0.25) is 0 Å². The second kappa shape index (κ2) is 4.14. The van der Waals surface area contributed by atoms with E-state index in [1.165, 1.54) is 0 Å². The minimum Gasteiger partial charge on any atom is -0.334 e. The molecule has 0 radical (unpaired) electrons. The Morgan fingerprint density at radius 2 is 2.33 bits per heavy atom. The Morgan fingerprint density at radius 1 is 1.53 bits per heavy atom. The molecule has 0 bridgehead atoms. The Kier molecular flexibility index (Phi) is 2.86. The van der Waals surface area contributed by atoms with Gasteiger partial charge in [-0.1, -0.05) is 32.0 Å². The maximum Gasteiger partial charge on any atom is 0.254 e. The van der Waals surface area contributed by atoms with Crippen molar-refractivity contribution in [1.82, 2.24) is 15.5 Å². The summed E-state index contributed by atoms with van der Waals surface area (Å²) in [4.78, 5) is 4.38. The normalized spacial score (nSPS) is 21.9. The molecule has 0 saturated heterocycles. The first kappa shape index (κ1) is 10.4. The fourth-order valence-electron chi connectivity index (χ4n) is 1.64. The highest BCUT2D eigenvalue weighted by Gasteiger charge is 2.17. The molecular weight excluding hydrogens is 190 g/mol. The first-order chi connectivity index (χ1) is 7.16. The summed E-state index contributed by atoms with van der Waals surface area (Å²) in [5.74, 6) is 2.29. The Balaban J connectivity index is 2.22. The fourth-order valence-corrected chi connectivity index (χ4v) is 1.64. The highest BCUT2D eigenvalue weighted by molar-refractivity contribution is 5.61.